The lowest BCUT2D eigenvalue weighted by Crippen LogP contribution is -2.47. The van der Waals surface area contributed by atoms with Gasteiger partial charge in [-0.1, -0.05) is 12.1 Å². The van der Waals surface area contributed by atoms with Crippen molar-refractivity contribution in [1.82, 2.24) is 15.6 Å². The Hall–Kier alpha value is -3.70. The standard InChI is InChI=1S/C26H34N4O7/c1-25(2,3)36-23(31)29-22(30-24(32)37-26(4,5)6)28-20-14-16(19-15-17(33-7)10-11-27-19)8-9-18(20)21-34-12-13-35-21/h8-11,14-15,21H,12-13H2,1-7H3,(H2,28,29,30,31,32). The number of nitrogens with one attached hydrogen (secondary N) is 2. The number of rotatable bonds is 4. The maximum absolute atomic E-state index is 12.5. The van der Waals surface area contributed by atoms with E-state index in [2.05, 4.69) is 20.6 Å². The second-order valence-electron chi connectivity index (χ2n) is 10.1. The number of ether oxygens (including phenoxy) is 5. The van der Waals surface area contributed by atoms with Crippen molar-refractivity contribution >= 4 is 23.8 Å². The van der Waals surface area contributed by atoms with Crippen LogP contribution in [0.15, 0.2) is 41.5 Å². The van der Waals surface area contributed by atoms with E-state index in [-0.39, 0.29) is 5.96 Å². The molecule has 2 N–H and O–H groups in total. The third kappa shape index (κ3) is 8.72. The molecule has 2 amide bonds. The number of nitrogens with zero attached hydrogens (tertiary/aromatic N) is 2. The number of pyridine rings is 1. The minimum Gasteiger partial charge on any atom is -0.497 e. The van der Waals surface area contributed by atoms with Gasteiger partial charge >= 0.3 is 12.2 Å². The molecule has 0 radical (unpaired) electrons. The van der Waals surface area contributed by atoms with Crippen molar-refractivity contribution < 1.29 is 33.3 Å². The highest BCUT2D eigenvalue weighted by molar-refractivity contribution is 6.02. The molecular formula is C26H34N4O7. The van der Waals surface area contributed by atoms with E-state index >= 15 is 0 Å². The number of benzene rings is 1. The quantitative estimate of drug-likeness (QED) is 0.438. The van der Waals surface area contributed by atoms with Gasteiger partial charge in [-0.2, -0.15) is 0 Å². The molecule has 200 valence electrons. The highest BCUT2D eigenvalue weighted by Crippen LogP contribution is 2.35. The Morgan fingerprint density at radius 1 is 0.946 bits per heavy atom. The largest absolute Gasteiger partial charge is 0.497 e. The molecule has 1 fully saturated rings. The predicted octanol–water partition coefficient (Wildman–Crippen LogP) is 4.84. The second kappa shape index (κ2) is 11.6. The van der Waals surface area contributed by atoms with Gasteiger partial charge in [0.15, 0.2) is 6.29 Å². The van der Waals surface area contributed by atoms with E-state index in [4.69, 9.17) is 23.7 Å². The van der Waals surface area contributed by atoms with Crippen LogP contribution in [-0.2, 0) is 18.9 Å². The molecule has 1 saturated heterocycles. The van der Waals surface area contributed by atoms with Crippen LogP contribution in [-0.4, -0.2) is 54.7 Å². The number of methoxy groups -OCH3 is 1. The van der Waals surface area contributed by atoms with Crippen LogP contribution in [0.25, 0.3) is 11.3 Å². The lowest BCUT2D eigenvalue weighted by molar-refractivity contribution is -0.0436. The summed E-state index contributed by atoms with van der Waals surface area (Å²) in [4.78, 5) is 34.1. The molecule has 2 heterocycles. The summed E-state index contributed by atoms with van der Waals surface area (Å²) < 4.78 is 27.4. The van der Waals surface area contributed by atoms with Gasteiger partial charge in [-0.25, -0.2) is 14.6 Å². The summed E-state index contributed by atoms with van der Waals surface area (Å²) in [5.41, 5.74) is 0.784. The Morgan fingerprint density at radius 2 is 1.54 bits per heavy atom. The highest BCUT2D eigenvalue weighted by Gasteiger charge is 2.25. The van der Waals surface area contributed by atoms with Crippen molar-refractivity contribution in [3.63, 3.8) is 0 Å². The molecule has 0 saturated carbocycles. The summed E-state index contributed by atoms with van der Waals surface area (Å²) in [5, 5.41) is 4.99. The molecular weight excluding hydrogens is 480 g/mol. The van der Waals surface area contributed by atoms with E-state index in [9.17, 15) is 9.59 Å². The second-order valence-corrected chi connectivity index (χ2v) is 10.1. The Labute approximate surface area is 216 Å². The summed E-state index contributed by atoms with van der Waals surface area (Å²) in [7, 11) is 1.57. The van der Waals surface area contributed by atoms with Gasteiger partial charge < -0.3 is 23.7 Å². The number of aliphatic imine (C=N–C) groups is 1. The number of guanidine groups is 1. The molecule has 1 aromatic heterocycles. The summed E-state index contributed by atoms with van der Waals surface area (Å²) in [5.74, 6) is 0.443. The van der Waals surface area contributed by atoms with Gasteiger partial charge in [0.1, 0.15) is 17.0 Å². The average Bonchev–Trinajstić information content (AvgIpc) is 3.31. The Bertz CT molecular complexity index is 1110. The Morgan fingerprint density at radius 3 is 2.08 bits per heavy atom. The predicted molar refractivity (Wildman–Crippen MR) is 137 cm³/mol. The lowest BCUT2D eigenvalue weighted by Gasteiger charge is -2.22. The van der Waals surface area contributed by atoms with Gasteiger partial charge in [-0.3, -0.25) is 15.6 Å². The highest BCUT2D eigenvalue weighted by atomic mass is 16.7. The molecule has 37 heavy (non-hydrogen) atoms. The molecule has 0 spiro atoms. The van der Waals surface area contributed by atoms with E-state index in [1.54, 1.807) is 79.1 Å². The van der Waals surface area contributed by atoms with Crippen molar-refractivity contribution in [3.05, 3.63) is 42.1 Å². The van der Waals surface area contributed by atoms with Crippen LogP contribution in [0.4, 0.5) is 15.3 Å². The molecule has 0 bridgehead atoms. The van der Waals surface area contributed by atoms with Crippen molar-refractivity contribution in [2.45, 2.75) is 59.0 Å². The van der Waals surface area contributed by atoms with E-state index < -0.39 is 29.7 Å². The van der Waals surface area contributed by atoms with E-state index in [0.717, 1.165) is 0 Å². The van der Waals surface area contributed by atoms with E-state index in [1.807, 2.05) is 6.07 Å². The topological polar surface area (TPSA) is 130 Å². The number of carbonyl (C=O) groups is 2. The molecule has 1 aliphatic heterocycles. The first-order chi connectivity index (χ1) is 17.3. The maximum Gasteiger partial charge on any atom is 0.414 e. The molecule has 1 aromatic carbocycles. The SMILES string of the molecule is COc1ccnc(-c2ccc(C3OCCO3)c(N=C(NC(=O)OC(C)(C)C)NC(=O)OC(C)(C)C)c2)c1. The smallest absolute Gasteiger partial charge is 0.414 e. The first-order valence-corrected chi connectivity index (χ1v) is 11.8. The normalized spacial score (nSPS) is 14.0. The fourth-order valence-electron chi connectivity index (χ4n) is 3.24. The molecule has 0 aliphatic carbocycles. The molecule has 11 heteroatoms. The van der Waals surface area contributed by atoms with Crippen LogP contribution in [0.5, 0.6) is 5.75 Å². The lowest BCUT2D eigenvalue weighted by atomic mass is 10.1. The summed E-state index contributed by atoms with van der Waals surface area (Å²) in [6.07, 6.45) is -0.644. The first-order valence-electron chi connectivity index (χ1n) is 11.8. The van der Waals surface area contributed by atoms with Crippen LogP contribution in [0.3, 0.4) is 0 Å². The number of hydrogen-bond acceptors (Lipinski definition) is 9. The van der Waals surface area contributed by atoms with Gasteiger partial charge in [-0.05, 0) is 53.7 Å². The zero-order valence-electron chi connectivity index (χ0n) is 22.2. The van der Waals surface area contributed by atoms with Gasteiger partial charge in [-0.15, -0.1) is 0 Å². The van der Waals surface area contributed by atoms with Crippen molar-refractivity contribution in [2.24, 2.45) is 4.99 Å². The first kappa shape index (κ1) is 27.9. The molecule has 11 nitrogen and oxygen atoms in total. The van der Waals surface area contributed by atoms with Gasteiger partial charge in [0.2, 0.25) is 5.96 Å². The number of carbonyl (C=O) groups excluding carboxylic acids is 2. The number of alkyl carbamates (subject to hydrolysis) is 2. The molecule has 0 atom stereocenters. The van der Waals surface area contributed by atoms with E-state index in [1.165, 1.54) is 0 Å². The summed E-state index contributed by atoms with van der Waals surface area (Å²) >= 11 is 0. The number of aromatic nitrogens is 1. The monoisotopic (exact) mass is 514 g/mol. The van der Waals surface area contributed by atoms with E-state index in [0.29, 0.717) is 41.5 Å². The molecule has 3 rings (SSSR count). The van der Waals surface area contributed by atoms with Gasteiger partial charge in [0, 0.05) is 23.4 Å². The zero-order chi connectivity index (χ0) is 27.2. The minimum atomic E-state index is -0.803. The molecule has 2 aromatic rings. The fraction of sp³-hybridized carbons (Fsp3) is 0.462. The third-order valence-corrected chi connectivity index (χ3v) is 4.64. The zero-order valence-corrected chi connectivity index (χ0v) is 22.2. The van der Waals surface area contributed by atoms with Crippen LogP contribution >= 0.6 is 0 Å². The van der Waals surface area contributed by atoms with Crippen LogP contribution in [0.1, 0.15) is 53.4 Å². The Kier molecular flexibility index (Phi) is 8.72. The number of hydrogen-bond donors (Lipinski definition) is 2. The van der Waals surface area contributed by atoms with Crippen molar-refractivity contribution in [2.75, 3.05) is 20.3 Å². The molecule has 1 aliphatic rings. The number of amides is 2. The van der Waals surface area contributed by atoms with Crippen molar-refractivity contribution in [3.8, 4) is 17.0 Å². The Balaban J connectivity index is 2.05. The van der Waals surface area contributed by atoms with Crippen molar-refractivity contribution in [1.29, 1.82) is 0 Å². The fourth-order valence-corrected chi connectivity index (χ4v) is 3.24. The van der Waals surface area contributed by atoms with Crippen LogP contribution in [0.2, 0.25) is 0 Å². The summed E-state index contributed by atoms with van der Waals surface area (Å²) in [6, 6.07) is 8.91. The minimum absolute atomic E-state index is 0.196. The van der Waals surface area contributed by atoms with Gasteiger partial charge in [0.05, 0.1) is 31.7 Å². The van der Waals surface area contributed by atoms with Crippen LogP contribution in [0, 0.1) is 0 Å². The van der Waals surface area contributed by atoms with Crippen LogP contribution < -0.4 is 15.4 Å². The summed E-state index contributed by atoms with van der Waals surface area (Å²) in [6.45, 7) is 11.2. The molecule has 0 unspecified atom stereocenters. The average molecular weight is 515 g/mol. The maximum atomic E-state index is 12.5. The van der Waals surface area contributed by atoms with Gasteiger partial charge in [0.25, 0.3) is 0 Å². The third-order valence-electron chi connectivity index (χ3n) is 4.64.